The van der Waals surface area contributed by atoms with Crippen molar-refractivity contribution >= 4 is 11.3 Å². The van der Waals surface area contributed by atoms with Gasteiger partial charge in [0.2, 0.25) is 0 Å². The number of nitrogens with two attached hydrogens (primary N) is 1. The number of hydrogen-bond acceptors (Lipinski definition) is 2. The molecule has 1 saturated carbocycles. The van der Waals surface area contributed by atoms with Crippen molar-refractivity contribution in [2.45, 2.75) is 32.2 Å². The molecule has 2 heteroatoms. The lowest BCUT2D eigenvalue weighted by atomic mass is 10.1. The molecule has 0 amide bonds. The summed E-state index contributed by atoms with van der Waals surface area (Å²) in [5, 5.41) is 0. The molecule has 1 aromatic rings. The molecule has 0 radical (unpaired) electrons. The van der Waals surface area contributed by atoms with Crippen molar-refractivity contribution in [3.8, 4) is 0 Å². The molecule has 1 aromatic heterocycles. The Morgan fingerprint density at radius 2 is 2.33 bits per heavy atom. The minimum Gasteiger partial charge on any atom is -0.323 e. The number of thiophene rings is 1. The van der Waals surface area contributed by atoms with E-state index in [4.69, 9.17) is 5.73 Å². The Kier molecular flexibility index (Phi) is 2.20. The molecule has 1 nitrogen and oxygen atoms in total. The van der Waals surface area contributed by atoms with Crippen molar-refractivity contribution in [2.75, 3.05) is 0 Å². The Balaban J connectivity index is 1.97. The summed E-state index contributed by atoms with van der Waals surface area (Å²) < 4.78 is 0. The maximum atomic E-state index is 6.06. The van der Waals surface area contributed by atoms with E-state index in [9.17, 15) is 0 Å². The first-order chi connectivity index (χ1) is 5.75. The summed E-state index contributed by atoms with van der Waals surface area (Å²) in [5.41, 5.74) is 6.06. The summed E-state index contributed by atoms with van der Waals surface area (Å²) >= 11 is 1.84. The molecule has 0 aliphatic heterocycles. The number of aryl methyl sites for hydroxylation is 1. The van der Waals surface area contributed by atoms with Gasteiger partial charge in [0.15, 0.2) is 0 Å². The van der Waals surface area contributed by atoms with E-state index in [1.165, 1.54) is 29.0 Å². The van der Waals surface area contributed by atoms with Gasteiger partial charge in [-0.25, -0.2) is 0 Å². The highest BCUT2D eigenvalue weighted by atomic mass is 32.1. The zero-order chi connectivity index (χ0) is 8.55. The Morgan fingerprint density at radius 1 is 1.58 bits per heavy atom. The molecule has 2 N–H and O–H groups in total. The molecule has 1 atom stereocenters. The first-order valence-electron chi connectivity index (χ1n) is 4.57. The molecule has 66 valence electrons. The van der Waals surface area contributed by atoms with Crippen LogP contribution in [0.2, 0.25) is 0 Å². The van der Waals surface area contributed by atoms with Gasteiger partial charge < -0.3 is 5.73 Å². The van der Waals surface area contributed by atoms with Gasteiger partial charge in [0.1, 0.15) is 0 Å². The third-order valence-corrected chi connectivity index (χ3v) is 3.54. The summed E-state index contributed by atoms with van der Waals surface area (Å²) in [6, 6.07) is 4.64. The van der Waals surface area contributed by atoms with Gasteiger partial charge in [-0.3, -0.25) is 0 Å². The van der Waals surface area contributed by atoms with Gasteiger partial charge in [-0.05, 0) is 31.4 Å². The predicted molar refractivity (Wildman–Crippen MR) is 53.3 cm³/mol. The molecule has 0 bridgehead atoms. The van der Waals surface area contributed by atoms with E-state index in [0.717, 1.165) is 5.92 Å². The normalized spacial score (nSPS) is 19.5. The van der Waals surface area contributed by atoms with Gasteiger partial charge in [-0.1, -0.05) is 12.8 Å². The van der Waals surface area contributed by atoms with Gasteiger partial charge in [-0.15, -0.1) is 11.3 Å². The molecule has 0 saturated heterocycles. The van der Waals surface area contributed by atoms with Crippen LogP contribution in [0.1, 0.15) is 35.1 Å². The fourth-order valence-electron chi connectivity index (χ4n) is 1.48. The van der Waals surface area contributed by atoms with Crippen LogP contribution in [0.4, 0.5) is 0 Å². The van der Waals surface area contributed by atoms with Crippen LogP contribution < -0.4 is 5.73 Å². The zero-order valence-corrected chi connectivity index (χ0v) is 8.23. The maximum absolute atomic E-state index is 6.06. The van der Waals surface area contributed by atoms with Crippen molar-refractivity contribution < 1.29 is 0 Å². The second kappa shape index (κ2) is 3.19. The molecule has 12 heavy (non-hydrogen) atoms. The van der Waals surface area contributed by atoms with Crippen LogP contribution in [0.5, 0.6) is 0 Å². The Bertz CT molecular complexity index is 263. The maximum Gasteiger partial charge on any atom is 0.0392 e. The second-order valence-electron chi connectivity index (χ2n) is 3.73. The van der Waals surface area contributed by atoms with Crippen molar-refractivity contribution in [3.63, 3.8) is 0 Å². The average Bonchev–Trinajstić information content (AvgIpc) is 2.72. The molecule has 1 heterocycles. The lowest BCUT2D eigenvalue weighted by Gasteiger charge is -2.07. The largest absolute Gasteiger partial charge is 0.323 e. The average molecular weight is 181 g/mol. The highest BCUT2D eigenvalue weighted by Crippen LogP contribution is 2.37. The highest BCUT2D eigenvalue weighted by molar-refractivity contribution is 7.12. The standard InChI is InChI=1S/C10H15NS/c1-7-2-5-10(12-7)9(11)6-8-3-4-8/h2,5,8-9H,3-4,6,11H2,1H3. The molecule has 0 aromatic carbocycles. The monoisotopic (exact) mass is 181 g/mol. The fourth-order valence-corrected chi connectivity index (χ4v) is 2.37. The highest BCUT2D eigenvalue weighted by Gasteiger charge is 2.24. The summed E-state index contributed by atoms with van der Waals surface area (Å²) in [6.45, 7) is 2.14. The van der Waals surface area contributed by atoms with E-state index >= 15 is 0 Å². The summed E-state index contributed by atoms with van der Waals surface area (Å²) in [4.78, 5) is 2.73. The van der Waals surface area contributed by atoms with Crippen molar-refractivity contribution in [3.05, 3.63) is 21.9 Å². The molecule has 1 fully saturated rings. The van der Waals surface area contributed by atoms with Gasteiger partial charge >= 0.3 is 0 Å². The molecular formula is C10H15NS. The zero-order valence-electron chi connectivity index (χ0n) is 7.42. The van der Waals surface area contributed by atoms with Gasteiger partial charge in [-0.2, -0.15) is 0 Å². The van der Waals surface area contributed by atoms with E-state index in [1.54, 1.807) is 0 Å². The van der Waals surface area contributed by atoms with Crippen molar-refractivity contribution in [2.24, 2.45) is 11.7 Å². The first-order valence-corrected chi connectivity index (χ1v) is 5.39. The Hall–Kier alpha value is -0.340. The van der Waals surface area contributed by atoms with Crippen LogP contribution >= 0.6 is 11.3 Å². The molecule has 1 unspecified atom stereocenters. The van der Waals surface area contributed by atoms with E-state index in [1.807, 2.05) is 11.3 Å². The van der Waals surface area contributed by atoms with Gasteiger partial charge in [0, 0.05) is 15.8 Å². The molecular weight excluding hydrogens is 166 g/mol. The Morgan fingerprint density at radius 3 is 2.83 bits per heavy atom. The molecule has 0 spiro atoms. The summed E-state index contributed by atoms with van der Waals surface area (Å²) in [5.74, 6) is 0.933. The van der Waals surface area contributed by atoms with Crippen LogP contribution in [0.15, 0.2) is 12.1 Å². The van der Waals surface area contributed by atoms with Crippen molar-refractivity contribution in [1.29, 1.82) is 0 Å². The number of rotatable bonds is 3. The van der Waals surface area contributed by atoms with E-state index in [-0.39, 0.29) is 0 Å². The first kappa shape index (κ1) is 8.27. The quantitative estimate of drug-likeness (QED) is 0.762. The van der Waals surface area contributed by atoms with Gasteiger partial charge in [0.05, 0.1) is 0 Å². The topological polar surface area (TPSA) is 26.0 Å². The summed E-state index contributed by atoms with van der Waals surface area (Å²) in [7, 11) is 0. The third kappa shape index (κ3) is 1.87. The van der Waals surface area contributed by atoms with E-state index < -0.39 is 0 Å². The fraction of sp³-hybridized carbons (Fsp3) is 0.600. The second-order valence-corrected chi connectivity index (χ2v) is 5.05. The SMILES string of the molecule is Cc1ccc(C(N)CC2CC2)s1. The predicted octanol–water partition coefficient (Wildman–Crippen LogP) is 2.86. The Labute approximate surface area is 77.6 Å². The molecule has 1 aliphatic rings. The van der Waals surface area contributed by atoms with Crippen LogP contribution in [0, 0.1) is 12.8 Å². The number of hydrogen-bond donors (Lipinski definition) is 1. The lowest BCUT2D eigenvalue weighted by molar-refractivity contribution is 0.605. The smallest absolute Gasteiger partial charge is 0.0392 e. The van der Waals surface area contributed by atoms with Gasteiger partial charge in [0.25, 0.3) is 0 Å². The molecule has 2 rings (SSSR count). The molecule has 1 aliphatic carbocycles. The minimum atomic E-state index is 0.302. The van der Waals surface area contributed by atoms with Crippen LogP contribution in [-0.2, 0) is 0 Å². The van der Waals surface area contributed by atoms with Crippen LogP contribution in [0.3, 0.4) is 0 Å². The van der Waals surface area contributed by atoms with Crippen LogP contribution in [0.25, 0.3) is 0 Å². The van der Waals surface area contributed by atoms with Crippen molar-refractivity contribution in [1.82, 2.24) is 0 Å². The van der Waals surface area contributed by atoms with E-state index in [2.05, 4.69) is 19.1 Å². The minimum absolute atomic E-state index is 0.302. The summed E-state index contributed by atoms with van der Waals surface area (Å²) in [6.07, 6.45) is 4.00. The lowest BCUT2D eigenvalue weighted by Crippen LogP contribution is -2.08. The van der Waals surface area contributed by atoms with E-state index in [0.29, 0.717) is 6.04 Å². The van der Waals surface area contributed by atoms with Crippen LogP contribution in [-0.4, -0.2) is 0 Å². The third-order valence-electron chi connectivity index (χ3n) is 2.41.